The molecular weight excluding hydrogens is 252 g/mol. The molecule has 2 rings (SSSR count). The summed E-state index contributed by atoms with van der Waals surface area (Å²) in [4.78, 5) is 0.251. The zero-order chi connectivity index (χ0) is 12.7. The lowest BCUT2D eigenvalue weighted by molar-refractivity contribution is 0.304. The second-order valence-electron chi connectivity index (χ2n) is 5.61. The molecule has 0 spiro atoms. The highest BCUT2D eigenvalue weighted by Crippen LogP contribution is 2.48. The summed E-state index contributed by atoms with van der Waals surface area (Å²) in [5.41, 5.74) is 0.473. The fourth-order valence-corrected chi connectivity index (χ4v) is 5.36. The molecular formula is C12H18O3SSi. The molecule has 17 heavy (non-hydrogen) atoms. The molecule has 0 heterocycles. The maximum atomic E-state index is 11.9. The molecule has 0 saturated heterocycles. The Morgan fingerprint density at radius 1 is 1.18 bits per heavy atom. The fraction of sp³-hybridized carbons (Fsp3) is 0.500. The number of hydrogen-bond acceptors (Lipinski definition) is 3. The van der Waals surface area contributed by atoms with Gasteiger partial charge >= 0.3 is 0 Å². The molecule has 1 fully saturated rings. The smallest absolute Gasteiger partial charge is 0.263 e. The summed E-state index contributed by atoms with van der Waals surface area (Å²) in [5, 5.41) is 0. The van der Waals surface area contributed by atoms with E-state index in [1.807, 2.05) is 0 Å². The third-order valence-corrected chi connectivity index (χ3v) is 7.31. The van der Waals surface area contributed by atoms with Crippen molar-refractivity contribution < 1.29 is 12.6 Å². The summed E-state index contributed by atoms with van der Waals surface area (Å²) in [6.45, 7) is 6.74. The van der Waals surface area contributed by atoms with Gasteiger partial charge in [0.2, 0.25) is 0 Å². The van der Waals surface area contributed by atoms with Crippen molar-refractivity contribution in [1.29, 1.82) is 0 Å². The molecule has 2 atom stereocenters. The van der Waals surface area contributed by atoms with Gasteiger partial charge in [0.05, 0.1) is 19.1 Å². The number of rotatable bonds is 4. The van der Waals surface area contributed by atoms with Crippen molar-refractivity contribution in [3.05, 3.63) is 30.3 Å². The highest BCUT2D eigenvalue weighted by molar-refractivity contribution is 7.86. The standard InChI is InChI=1S/C12H18O3SSi/c1-17(2,3)12-9-11(12)15-16(13,14)10-7-5-4-6-8-10/h4-8,11-12H,9H2,1-3H3. The third-order valence-electron chi connectivity index (χ3n) is 3.13. The van der Waals surface area contributed by atoms with Crippen molar-refractivity contribution in [2.45, 2.75) is 42.6 Å². The van der Waals surface area contributed by atoms with Gasteiger partial charge in [0.1, 0.15) is 0 Å². The van der Waals surface area contributed by atoms with Crippen LogP contribution in [0.4, 0.5) is 0 Å². The van der Waals surface area contributed by atoms with Crippen molar-refractivity contribution in [3.63, 3.8) is 0 Å². The third kappa shape index (κ3) is 2.97. The Morgan fingerprint density at radius 2 is 1.76 bits per heavy atom. The second-order valence-corrected chi connectivity index (χ2v) is 12.7. The van der Waals surface area contributed by atoms with Crippen molar-refractivity contribution in [1.82, 2.24) is 0 Å². The van der Waals surface area contributed by atoms with E-state index in [2.05, 4.69) is 19.6 Å². The van der Waals surface area contributed by atoms with Crippen LogP contribution in [-0.2, 0) is 14.3 Å². The van der Waals surface area contributed by atoms with Crippen LogP contribution in [0.2, 0.25) is 25.2 Å². The number of hydrogen-bond donors (Lipinski definition) is 0. The molecule has 0 bridgehead atoms. The summed E-state index contributed by atoms with van der Waals surface area (Å²) in [6, 6.07) is 8.35. The summed E-state index contributed by atoms with van der Waals surface area (Å²) in [6.07, 6.45) is 0.800. The molecule has 0 amide bonds. The maximum absolute atomic E-state index is 11.9. The lowest BCUT2D eigenvalue weighted by Gasteiger charge is -2.15. The molecule has 3 nitrogen and oxygen atoms in total. The van der Waals surface area contributed by atoms with Crippen molar-refractivity contribution >= 4 is 18.2 Å². The van der Waals surface area contributed by atoms with E-state index in [0.717, 1.165) is 6.42 Å². The first-order valence-electron chi connectivity index (χ1n) is 5.79. The van der Waals surface area contributed by atoms with Gasteiger partial charge in [-0.25, -0.2) is 0 Å². The van der Waals surface area contributed by atoms with Gasteiger partial charge in [0.15, 0.2) is 0 Å². The average Bonchev–Trinajstić information content (AvgIpc) is 2.97. The topological polar surface area (TPSA) is 43.4 Å². The van der Waals surface area contributed by atoms with Gasteiger partial charge in [-0.1, -0.05) is 37.8 Å². The SMILES string of the molecule is C[Si](C)(C)C1CC1OS(=O)(=O)c1ccccc1. The molecule has 1 aromatic carbocycles. The molecule has 5 heteroatoms. The second kappa shape index (κ2) is 4.22. The van der Waals surface area contributed by atoms with Crippen LogP contribution < -0.4 is 0 Å². The first-order valence-corrected chi connectivity index (χ1v) is 10.8. The lowest BCUT2D eigenvalue weighted by atomic mass is 10.4. The van der Waals surface area contributed by atoms with Crippen LogP contribution in [0.1, 0.15) is 6.42 Å². The van der Waals surface area contributed by atoms with Crippen LogP contribution in [0.25, 0.3) is 0 Å². The molecule has 0 radical (unpaired) electrons. The van der Waals surface area contributed by atoms with E-state index in [1.165, 1.54) is 0 Å². The zero-order valence-electron chi connectivity index (χ0n) is 10.4. The van der Waals surface area contributed by atoms with Crippen LogP contribution >= 0.6 is 0 Å². The van der Waals surface area contributed by atoms with Crippen LogP contribution in [-0.4, -0.2) is 22.6 Å². The molecule has 0 N–H and O–H groups in total. The van der Waals surface area contributed by atoms with E-state index in [4.69, 9.17) is 4.18 Å². The summed E-state index contributed by atoms with van der Waals surface area (Å²) < 4.78 is 29.2. The Balaban J connectivity index is 2.07. The summed E-state index contributed by atoms with van der Waals surface area (Å²) >= 11 is 0. The molecule has 1 aromatic rings. The quantitative estimate of drug-likeness (QED) is 0.624. The van der Waals surface area contributed by atoms with Gasteiger partial charge in [-0.2, -0.15) is 8.42 Å². The summed E-state index contributed by atoms with van der Waals surface area (Å²) in [5.74, 6) is 0. The zero-order valence-corrected chi connectivity index (χ0v) is 12.2. The highest BCUT2D eigenvalue weighted by Gasteiger charge is 2.49. The Morgan fingerprint density at radius 3 is 2.24 bits per heavy atom. The predicted molar refractivity (Wildman–Crippen MR) is 70.2 cm³/mol. The molecule has 0 aromatic heterocycles. The van der Waals surface area contributed by atoms with Gasteiger partial charge in [0.25, 0.3) is 10.1 Å². The minimum atomic E-state index is -3.57. The Kier molecular flexibility index (Phi) is 3.18. The van der Waals surface area contributed by atoms with Crippen LogP contribution in [0.3, 0.4) is 0 Å². The average molecular weight is 270 g/mol. The molecule has 0 aliphatic heterocycles. The van der Waals surface area contributed by atoms with E-state index in [-0.39, 0.29) is 11.0 Å². The van der Waals surface area contributed by atoms with Crippen LogP contribution in [0.5, 0.6) is 0 Å². The van der Waals surface area contributed by atoms with Crippen molar-refractivity contribution in [2.75, 3.05) is 0 Å². The van der Waals surface area contributed by atoms with Crippen molar-refractivity contribution in [3.8, 4) is 0 Å². The van der Waals surface area contributed by atoms with Crippen LogP contribution in [0, 0.1) is 0 Å². The minimum absolute atomic E-state index is 0.0909. The van der Waals surface area contributed by atoms with Crippen LogP contribution in [0.15, 0.2) is 35.2 Å². The molecule has 1 aliphatic carbocycles. The van der Waals surface area contributed by atoms with E-state index < -0.39 is 18.2 Å². The van der Waals surface area contributed by atoms with E-state index in [0.29, 0.717) is 5.54 Å². The van der Waals surface area contributed by atoms with Gasteiger partial charge in [-0.05, 0) is 24.1 Å². The molecule has 2 unspecified atom stereocenters. The predicted octanol–water partition coefficient (Wildman–Crippen LogP) is 2.87. The largest absolute Gasteiger partial charge is 0.297 e. The Bertz CT molecular complexity index is 490. The lowest BCUT2D eigenvalue weighted by Crippen LogP contribution is -2.23. The molecule has 1 saturated carbocycles. The van der Waals surface area contributed by atoms with Gasteiger partial charge in [-0.15, -0.1) is 0 Å². The first-order chi connectivity index (χ1) is 7.81. The fourth-order valence-electron chi connectivity index (χ4n) is 1.99. The Hall–Kier alpha value is -0.653. The van der Waals surface area contributed by atoms with Gasteiger partial charge in [0, 0.05) is 0 Å². The van der Waals surface area contributed by atoms with Gasteiger partial charge < -0.3 is 0 Å². The monoisotopic (exact) mass is 270 g/mol. The number of benzene rings is 1. The van der Waals surface area contributed by atoms with Crippen molar-refractivity contribution in [2.24, 2.45) is 0 Å². The van der Waals surface area contributed by atoms with E-state index >= 15 is 0 Å². The van der Waals surface area contributed by atoms with E-state index in [1.54, 1.807) is 30.3 Å². The van der Waals surface area contributed by atoms with E-state index in [9.17, 15) is 8.42 Å². The molecule has 1 aliphatic rings. The normalized spacial score (nSPS) is 24.6. The first kappa shape index (κ1) is 12.8. The van der Waals surface area contributed by atoms with Gasteiger partial charge in [-0.3, -0.25) is 4.18 Å². The maximum Gasteiger partial charge on any atom is 0.297 e. The molecule has 94 valence electrons. The summed E-state index contributed by atoms with van der Waals surface area (Å²) in [7, 11) is -4.84. The minimum Gasteiger partial charge on any atom is -0.263 e. The highest BCUT2D eigenvalue weighted by atomic mass is 32.2. The Labute approximate surface area is 104 Å².